The number of hydrogen-bond acceptors (Lipinski definition) is 4. The van der Waals surface area contributed by atoms with E-state index < -0.39 is 0 Å². The van der Waals surface area contributed by atoms with Crippen molar-refractivity contribution in [3.63, 3.8) is 0 Å². The first-order chi connectivity index (χ1) is 14.0. The van der Waals surface area contributed by atoms with E-state index >= 15 is 0 Å². The van der Waals surface area contributed by atoms with Gasteiger partial charge in [0, 0.05) is 12.5 Å². The molecule has 0 saturated heterocycles. The molecule has 5 aliphatic rings. The summed E-state index contributed by atoms with van der Waals surface area (Å²) >= 11 is 0. The Morgan fingerprint density at radius 2 is 1.72 bits per heavy atom. The summed E-state index contributed by atoms with van der Waals surface area (Å²) < 4.78 is 5.58. The first-order valence-electron chi connectivity index (χ1n) is 10.9. The highest BCUT2D eigenvalue weighted by Gasteiger charge is 2.51. The minimum atomic E-state index is -0.300. The van der Waals surface area contributed by atoms with Gasteiger partial charge in [0.1, 0.15) is 0 Å². The van der Waals surface area contributed by atoms with E-state index in [2.05, 4.69) is 5.32 Å². The first kappa shape index (κ1) is 18.6. The summed E-state index contributed by atoms with van der Waals surface area (Å²) in [6.45, 7) is 1.58. The number of benzene rings is 1. The SMILES string of the molecule is C[C@H]1CC(=O)Nc2ccccc2N1C(=O)COC(=O)C1C2CC3CC(C2)CC1C3. The van der Waals surface area contributed by atoms with Gasteiger partial charge in [-0.1, -0.05) is 12.1 Å². The first-order valence-corrected chi connectivity index (χ1v) is 10.9. The highest BCUT2D eigenvalue weighted by molar-refractivity contribution is 6.05. The lowest BCUT2D eigenvalue weighted by atomic mass is 9.52. The topological polar surface area (TPSA) is 75.7 Å². The predicted molar refractivity (Wildman–Crippen MR) is 108 cm³/mol. The lowest BCUT2D eigenvalue weighted by Crippen LogP contribution is -2.49. The minimum absolute atomic E-state index is 0.0345. The molecule has 4 aliphatic carbocycles. The summed E-state index contributed by atoms with van der Waals surface area (Å²) in [5.74, 6) is 1.83. The number of nitrogens with zero attached hydrogens (tertiary/aromatic N) is 1. The van der Waals surface area contributed by atoms with Crippen molar-refractivity contribution >= 4 is 29.2 Å². The molecule has 1 aromatic carbocycles. The van der Waals surface area contributed by atoms with E-state index in [0.717, 1.165) is 37.5 Å². The molecule has 6 rings (SSSR count). The van der Waals surface area contributed by atoms with Crippen LogP contribution in [0.15, 0.2) is 24.3 Å². The Bertz CT molecular complexity index is 823. The molecule has 0 aromatic heterocycles. The number of amides is 2. The Morgan fingerprint density at radius 3 is 2.41 bits per heavy atom. The van der Waals surface area contributed by atoms with Gasteiger partial charge in [0.05, 0.1) is 17.3 Å². The summed E-state index contributed by atoms with van der Waals surface area (Å²) in [7, 11) is 0. The van der Waals surface area contributed by atoms with Gasteiger partial charge in [-0.25, -0.2) is 0 Å². The molecule has 4 bridgehead atoms. The summed E-state index contributed by atoms with van der Waals surface area (Å²) in [5.41, 5.74) is 1.27. The summed E-state index contributed by atoms with van der Waals surface area (Å²) in [6.07, 6.45) is 6.13. The van der Waals surface area contributed by atoms with Crippen molar-refractivity contribution < 1.29 is 19.1 Å². The summed E-state index contributed by atoms with van der Waals surface area (Å²) in [4.78, 5) is 39.6. The van der Waals surface area contributed by atoms with E-state index in [1.807, 2.05) is 25.1 Å². The number of rotatable bonds is 3. The van der Waals surface area contributed by atoms with Crippen LogP contribution < -0.4 is 10.2 Å². The Labute approximate surface area is 171 Å². The van der Waals surface area contributed by atoms with Crippen LogP contribution in [0, 0.1) is 29.6 Å². The fourth-order valence-electron chi connectivity index (χ4n) is 6.58. The second-order valence-corrected chi connectivity index (χ2v) is 9.45. The number of carbonyl (C=O) groups excluding carboxylic acids is 3. The van der Waals surface area contributed by atoms with E-state index in [4.69, 9.17) is 4.74 Å². The van der Waals surface area contributed by atoms with E-state index in [1.54, 1.807) is 11.0 Å². The smallest absolute Gasteiger partial charge is 0.310 e. The van der Waals surface area contributed by atoms with Gasteiger partial charge in [0.15, 0.2) is 6.61 Å². The maximum Gasteiger partial charge on any atom is 0.310 e. The van der Waals surface area contributed by atoms with E-state index in [1.165, 1.54) is 6.42 Å². The molecule has 2 amide bonds. The molecule has 29 heavy (non-hydrogen) atoms. The Morgan fingerprint density at radius 1 is 1.07 bits per heavy atom. The van der Waals surface area contributed by atoms with Crippen molar-refractivity contribution in [3.8, 4) is 0 Å². The summed E-state index contributed by atoms with van der Waals surface area (Å²) in [6, 6.07) is 6.96. The van der Waals surface area contributed by atoms with Gasteiger partial charge in [-0.15, -0.1) is 0 Å². The third-order valence-electron chi connectivity index (χ3n) is 7.46. The van der Waals surface area contributed by atoms with Gasteiger partial charge >= 0.3 is 5.97 Å². The number of carbonyl (C=O) groups is 3. The quantitative estimate of drug-likeness (QED) is 0.795. The van der Waals surface area contributed by atoms with Crippen LogP contribution >= 0.6 is 0 Å². The van der Waals surface area contributed by atoms with Gasteiger partial charge in [0.25, 0.3) is 5.91 Å². The molecule has 1 aromatic rings. The van der Waals surface area contributed by atoms with Crippen molar-refractivity contribution in [2.75, 3.05) is 16.8 Å². The van der Waals surface area contributed by atoms with Crippen molar-refractivity contribution in [1.82, 2.24) is 0 Å². The largest absolute Gasteiger partial charge is 0.455 e. The molecule has 6 heteroatoms. The van der Waals surface area contributed by atoms with Crippen molar-refractivity contribution in [2.24, 2.45) is 29.6 Å². The Balaban J connectivity index is 1.28. The van der Waals surface area contributed by atoms with Crippen LogP contribution in [0.2, 0.25) is 0 Å². The summed E-state index contributed by atoms with van der Waals surface area (Å²) in [5, 5.41) is 2.85. The van der Waals surface area contributed by atoms with Crippen molar-refractivity contribution in [1.29, 1.82) is 0 Å². The van der Waals surface area contributed by atoms with Gasteiger partial charge in [-0.2, -0.15) is 0 Å². The van der Waals surface area contributed by atoms with Crippen LogP contribution in [0.25, 0.3) is 0 Å². The van der Waals surface area contributed by atoms with Gasteiger partial charge in [0.2, 0.25) is 5.91 Å². The second kappa shape index (κ2) is 7.15. The molecule has 0 unspecified atom stereocenters. The minimum Gasteiger partial charge on any atom is -0.455 e. The number of para-hydroxylation sites is 2. The molecule has 4 saturated carbocycles. The van der Waals surface area contributed by atoms with Gasteiger partial charge in [-0.05, 0) is 74.8 Å². The number of hydrogen-bond donors (Lipinski definition) is 1. The maximum absolute atomic E-state index is 13.0. The Hall–Kier alpha value is -2.37. The van der Waals surface area contributed by atoms with Crippen LogP contribution in [0.4, 0.5) is 11.4 Å². The molecule has 6 nitrogen and oxygen atoms in total. The lowest BCUT2D eigenvalue weighted by molar-refractivity contribution is -0.164. The van der Waals surface area contributed by atoms with Crippen LogP contribution in [-0.4, -0.2) is 30.4 Å². The molecule has 1 N–H and O–H groups in total. The number of esters is 1. The lowest BCUT2D eigenvalue weighted by Gasteiger charge is -2.53. The number of fused-ring (bicyclic) bond motifs is 1. The second-order valence-electron chi connectivity index (χ2n) is 9.45. The fourth-order valence-corrected chi connectivity index (χ4v) is 6.58. The highest BCUT2D eigenvalue weighted by Crippen LogP contribution is 2.56. The van der Waals surface area contributed by atoms with E-state index in [9.17, 15) is 14.4 Å². The molecule has 1 aliphatic heterocycles. The predicted octanol–water partition coefficient (Wildman–Crippen LogP) is 3.37. The zero-order chi connectivity index (χ0) is 20.1. The third-order valence-corrected chi connectivity index (χ3v) is 7.46. The van der Waals surface area contributed by atoms with Crippen molar-refractivity contribution in [2.45, 2.75) is 51.5 Å². The fraction of sp³-hybridized carbons (Fsp3) is 0.609. The highest BCUT2D eigenvalue weighted by atomic mass is 16.5. The molecule has 154 valence electrons. The molecule has 1 atom stereocenters. The number of ether oxygens (including phenoxy) is 1. The molecular formula is C23H28N2O4. The average Bonchev–Trinajstić information content (AvgIpc) is 2.79. The average molecular weight is 396 g/mol. The normalized spacial score (nSPS) is 34.9. The van der Waals surface area contributed by atoms with Crippen LogP contribution in [0.5, 0.6) is 0 Å². The van der Waals surface area contributed by atoms with Crippen LogP contribution in [0.1, 0.15) is 45.4 Å². The van der Waals surface area contributed by atoms with Gasteiger partial charge in [-0.3, -0.25) is 14.4 Å². The van der Waals surface area contributed by atoms with Crippen molar-refractivity contribution in [3.05, 3.63) is 24.3 Å². The Kier molecular flexibility index (Phi) is 4.60. The van der Waals surface area contributed by atoms with Gasteiger partial charge < -0.3 is 15.0 Å². The molecular weight excluding hydrogens is 368 g/mol. The molecule has 0 radical (unpaired) electrons. The molecule has 4 fully saturated rings. The number of anilines is 2. The maximum atomic E-state index is 13.0. The zero-order valence-corrected chi connectivity index (χ0v) is 16.8. The number of nitrogens with one attached hydrogen (secondary N) is 1. The molecule has 0 spiro atoms. The standard InChI is InChI=1S/C23H28N2O4/c1-13-6-20(26)24-18-4-2-3-5-19(18)25(13)21(27)12-29-23(28)22-16-8-14-7-15(10-16)11-17(22)9-14/h2-5,13-17,22H,6-12H2,1H3,(H,24,26)/t13-,14?,15?,16?,17?,22?/m0/s1. The zero-order valence-electron chi connectivity index (χ0n) is 16.8. The molecule has 1 heterocycles. The van der Waals surface area contributed by atoms with E-state index in [-0.39, 0.29) is 42.8 Å². The van der Waals surface area contributed by atoms with Crippen LogP contribution in [-0.2, 0) is 19.1 Å². The monoisotopic (exact) mass is 396 g/mol. The van der Waals surface area contributed by atoms with E-state index in [0.29, 0.717) is 23.2 Å². The third kappa shape index (κ3) is 3.32. The van der Waals surface area contributed by atoms with Crippen LogP contribution in [0.3, 0.4) is 0 Å².